The zero-order valence-electron chi connectivity index (χ0n) is 15.9. The lowest BCUT2D eigenvalue weighted by molar-refractivity contribution is 0.294. The van der Waals surface area contributed by atoms with E-state index in [0.717, 1.165) is 30.7 Å². The van der Waals surface area contributed by atoms with Crippen molar-refractivity contribution in [1.29, 1.82) is 0 Å². The Labute approximate surface area is 153 Å². The number of rotatable bonds is 7. The van der Waals surface area contributed by atoms with E-state index in [-0.39, 0.29) is 0 Å². The molecule has 0 bridgehead atoms. The maximum atomic E-state index is 4.43. The second-order valence-electron chi connectivity index (χ2n) is 8.63. The Balaban J connectivity index is 1.43. The van der Waals surface area contributed by atoms with Crippen LogP contribution in [-0.2, 0) is 0 Å². The number of fused-ring (bicyclic) bond motifs is 1. The van der Waals surface area contributed by atoms with Gasteiger partial charge in [-0.2, -0.15) is 0 Å². The largest absolute Gasteiger partial charge is 0.377 e. The van der Waals surface area contributed by atoms with Crippen molar-refractivity contribution >= 4 is 0 Å². The molecule has 3 aliphatic rings. The molecule has 0 spiro atoms. The van der Waals surface area contributed by atoms with Gasteiger partial charge in [0.1, 0.15) is 0 Å². The highest BCUT2D eigenvalue weighted by Crippen LogP contribution is 2.51. The lowest BCUT2D eigenvalue weighted by atomic mass is 9.64. The van der Waals surface area contributed by atoms with E-state index >= 15 is 0 Å². The van der Waals surface area contributed by atoms with Crippen LogP contribution in [0.15, 0.2) is 60.3 Å². The van der Waals surface area contributed by atoms with Crippen LogP contribution in [-0.4, -0.2) is 18.5 Å². The monoisotopic (exact) mass is 333 g/mol. The maximum absolute atomic E-state index is 4.43. The van der Waals surface area contributed by atoms with Crippen molar-refractivity contribution in [3.8, 4) is 0 Å². The minimum atomic E-state index is 0.656. The molecule has 0 heterocycles. The first-order valence-electron chi connectivity index (χ1n) is 9.88. The fraction of sp³-hybridized carbons (Fsp3) is 0.500. The number of benzene rings is 1. The van der Waals surface area contributed by atoms with Gasteiger partial charge in [0.2, 0.25) is 0 Å². The van der Waals surface area contributed by atoms with Gasteiger partial charge in [0.05, 0.1) is 0 Å². The van der Waals surface area contributed by atoms with E-state index in [1.165, 1.54) is 24.1 Å². The number of allylic oxidation sites excluding steroid dienone is 5. The maximum Gasteiger partial charge on any atom is 0.0246 e. The molecule has 5 unspecified atom stereocenters. The highest BCUT2D eigenvalue weighted by molar-refractivity contribution is 5.46. The van der Waals surface area contributed by atoms with Gasteiger partial charge in [0, 0.05) is 25.2 Å². The average molecular weight is 334 g/mol. The molecule has 132 valence electrons. The van der Waals surface area contributed by atoms with Gasteiger partial charge in [-0.15, -0.1) is 0 Å². The summed E-state index contributed by atoms with van der Waals surface area (Å²) in [4.78, 5) is 2.49. The van der Waals surface area contributed by atoms with Crippen LogP contribution in [0.5, 0.6) is 0 Å². The number of nitrogens with zero attached hydrogens (tertiary/aromatic N) is 1. The normalized spacial score (nSPS) is 32.0. The van der Waals surface area contributed by atoms with Gasteiger partial charge >= 0.3 is 0 Å². The second kappa shape index (κ2) is 6.52. The predicted molar refractivity (Wildman–Crippen MR) is 107 cm³/mol. The quantitative estimate of drug-likeness (QED) is 0.563. The Hall–Kier alpha value is -1.76. The average Bonchev–Trinajstić information content (AvgIpc) is 2.58. The lowest BCUT2D eigenvalue weighted by Gasteiger charge is -2.44. The molecule has 1 nitrogen and oxygen atoms in total. The van der Waals surface area contributed by atoms with Crippen LogP contribution >= 0.6 is 0 Å². The predicted octanol–water partition coefficient (Wildman–Crippen LogP) is 5.88. The van der Waals surface area contributed by atoms with Crippen molar-refractivity contribution in [2.24, 2.45) is 17.8 Å². The van der Waals surface area contributed by atoms with Crippen LogP contribution in [0.25, 0.3) is 0 Å². The molecule has 5 atom stereocenters. The summed E-state index contributed by atoms with van der Waals surface area (Å²) >= 11 is 0. The Morgan fingerprint density at radius 1 is 1.08 bits per heavy atom. The summed E-state index contributed by atoms with van der Waals surface area (Å²) < 4.78 is 0. The van der Waals surface area contributed by atoms with Crippen molar-refractivity contribution < 1.29 is 0 Å². The van der Waals surface area contributed by atoms with Gasteiger partial charge in [-0.1, -0.05) is 68.5 Å². The molecule has 4 rings (SSSR count). The molecule has 0 aliphatic heterocycles. The molecule has 0 saturated carbocycles. The molecule has 3 aliphatic carbocycles. The molecular formula is C24H31N. The summed E-state index contributed by atoms with van der Waals surface area (Å²) in [5.41, 5.74) is 6.10. The summed E-state index contributed by atoms with van der Waals surface area (Å²) in [5, 5.41) is 0. The van der Waals surface area contributed by atoms with E-state index < -0.39 is 0 Å². The summed E-state index contributed by atoms with van der Waals surface area (Å²) in [7, 11) is 2.27. The molecule has 1 heteroatoms. The number of likely N-dealkylation sites (N-methyl/N-ethyl adjacent to an activating group) is 1. The topological polar surface area (TPSA) is 3.24 Å². The van der Waals surface area contributed by atoms with Crippen molar-refractivity contribution in [2.75, 3.05) is 13.6 Å². The Morgan fingerprint density at radius 2 is 1.76 bits per heavy atom. The standard InChI is InChI=1S/C24H31N/c1-16(11-19-10-9-18(19)3)14-23-21-7-5-6-8-22(21)24(23)15-25(4)20-12-17(2)13-20/h5-10,12,17-19,23-24H,1,11,13-15H2,2-4H3. The first-order valence-corrected chi connectivity index (χ1v) is 9.88. The molecule has 1 aromatic rings. The smallest absolute Gasteiger partial charge is 0.0246 e. The summed E-state index contributed by atoms with van der Waals surface area (Å²) in [6.07, 6.45) is 10.7. The minimum absolute atomic E-state index is 0.656. The first kappa shape index (κ1) is 16.7. The molecule has 0 fully saturated rings. The van der Waals surface area contributed by atoms with Gasteiger partial charge in [0.15, 0.2) is 0 Å². The van der Waals surface area contributed by atoms with Crippen molar-refractivity contribution in [2.45, 2.75) is 44.9 Å². The summed E-state index contributed by atoms with van der Waals surface area (Å²) in [6.45, 7) is 10.2. The van der Waals surface area contributed by atoms with Crippen LogP contribution in [0, 0.1) is 17.8 Å². The second-order valence-corrected chi connectivity index (χ2v) is 8.63. The van der Waals surface area contributed by atoms with Crippen LogP contribution in [0.2, 0.25) is 0 Å². The van der Waals surface area contributed by atoms with Gasteiger partial charge in [0.25, 0.3) is 0 Å². The van der Waals surface area contributed by atoms with Gasteiger partial charge in [-0.25, -0.2) is 0 Å². The van der Waals surface area contributed by atoms with Gasteiger partial charge < -0.3 is 4.90 Å². The summed E-state index contributed by atoms with van der Waals surface area (Å²) in [6, 6.07) is 9.06. The molecule has 0 amide bonds. The SMILES string of the molecule is C=C(CC1C=CC1C)CC1c2ccccc2C1CN(C)C1=CC(C)C1. The third-order valence-corrected chi connectivity index (χ3v) is 6.62. The van der Waals surface area contributed by atoms with E-state index in [2.05, 4.69) is 74.9 Å². The zero-order chi connectivity index (χ0) is 17.6. The van der Waals surface area contributed by atoms with E-state index in [4.69, 9.17) is 0 Å². The molecule has 0 saturated heterocycles. The fourth-order valence-corrected chi connectivity index (χ4v) is 4.79. The number of hydrogen-bond acceptors (Lipinski definition) is 1. The van der Waals surface area contributed by atoms with Crippen LogP contribution < -0.4 is 0 Å². The molecule has 0 aromatic heterocycles. The lowest BCUT2D eigenvalue weighted by Crippen LogP contribution is -2.36. The van der Waals surface area contributed by atoms with Crippen LogP contribution in [0.4, 0.5) is 0 Å². The van der Waals surface area contributed by atoms with Crippen LogP contribution in [0.3, 0.4) is 0 Å². The van der Waals surface area contributed by atoms with Crippen molar-refractivity contribution in [1.82, 2.24) is 4.90 Å². The molecule has 25 heavy (non-hydrogen) atoms. The van der Waals surface area contributed by atoms with Crippen LogP contribution in [0.1, 0.15) is 56.1 Å². The highest BCUT2D eigenvalue weighted by Gasteiger charge is 2.38. The van der Waals surface area contributed by atoms with Crippen molar-refractivity contribution in [3.05, 3.63) is 71.5 Å². The molecular weight excluding hydrogens is 302 g/mol. The molecule has 0 radical (unpaired) electrons. The third kappa shape index (κ3) is 3.10. The molecule has 1 aromatic carbocycles. The zero-order valence-corrected chi connectivity index (χ0v) is 15.9. The third-order valence-electron chi connectivity index (χ3n) is 6.62. The van der Waals surface area contributed by atoms with Gasteiger partial charge in [-0.05, 0) is 54.1 Å². The number of hydrogen-bond donors (Lipinski definition) is 0. The first-order chi connectivity index (χ1) is 12.0. The van der Waals surface area contributed by atoms with Gasteiger partial charge in [-0.3, -0.25) is 0 Å². The summed E-state index contributed by atoms with van der Waals surface area (Å²) in [5.74, 6) is 3.54. The van der Waals surface area contributed by atoms with E-state index in [9.17, 15) is 0 Å². The minimum Gasteiger partial charge on any atom is -0.377 e. The Bertz CT molecular complexity index is 725. The van der Waals surface area contributed by atoms with Crippen molar-refractivity contribution in [3.63, 3.8) is 0 Å². The Kier molecular flexibility index (Phi) is 4.35. The Morgan fingerprint density at radius 3 is 2.32 bits per heavy atom. The van der Waals surface area contributed by atoms with E-state index in [1.807, 2.05) is 0 Å². The highest BCUT2D eigenvalue weighted by atomic mass is 15.1. The molecule has 0 N–H and O–H groups in total. The van der Waals surface area contributed by atoms with E-state index in [0.29, 0.717) is 11.8 Å². The fourth-order valence-electron chi connectivity index (χ4n) is 4.79. The van der Waals surface area contributed by atoms with E-state index in [1.54, 1.807) is 11.1 Å².